The lowest BCUT2D eigenvalue weighted by Gasteiger charge is -2.46. The first-order valence-electron chi connectivity index (χ1n) is 11.8. The summed E-state index contributed by atoms with van der Waals surface area (Å²) in [7, 11) is 0. The molecule has 0 radical (unpaired) electrons. The molecule has 0 bridgehead atoms. The smallest absolute Gasteiger partial charge is 0.416 e. The van der Waals surface area contributed by atoms with Crippen molar-refractivity contribution in [2.45, 2.75) is 57.0 Å². The quantitative estimate of drug-likeness (QED) is 0.622. The molecule has 1 aromatic carbocycles. The molecule has 10 heteroatoms. The molecule has 4 rings (SSSR count). The number of aromatic nitrogens is 1. The number of amides is 2. The van der Waals surface area contributed by atoms with Crippen LogP contribution in [0.2, 0.25) is 0 Å². The van der Waals surface area contributed by atoms with Gasteiger partial charge in [0.1, 0.15) is 6.10 Å². The van der Waals surface area contributed by atoms with Crippen molar-refractivity contribution in [1.82, 2.24) is 20.5 Å². The zero-order valence-electron chi connectivity index (χ0n) is 19.5. The van der Waals surface area contributed by atoms with E-state index in [2.05, 4.69) is 20.5 Å². The zero-order valence-corrected chi connectivity index (χ0v) is 19.5. The van der Waals surface area contributed by atoms with Gasteiger partial charge >= 0.3 is 6.18 Å². The first-order chi connectivity index (χ1) is 16.7. The van der Waals surface area contributed by atoms with Crippen molar-refractivity contribution in [2.75, 3.05) is 19.6 Å². The lowest BCUT2D eigenvalue weighted by Crippen LogP contribution is -2.63. The Morgan fingerprint density at radius 3 is 2.51 bits per heavy atom. The number of alkyl halides is 3. The predicted octanol–water partition coefficient (Wildman–Crippen LogP) is 3.33. The minimum Gasteiger partial charge on any atom is -0.474 e. The van der Waals surface area contributed by atoms with Crippen LogP contribution in [0.4, 0.5) is 13.2 Å². The van der Waals surface area contributed by atoms with E-state index in [4.69, 9.17) is 4.74 Å². The van der Waals surface area contributed by atoms with Gasteiger partial charge in [-0.2, -0.15) is 13.2 Å². The molecule has 188 valence electrons. The maximum absolute atomic E-state index is 12.8. The number of carbonyl (C=O) groups excluding carboxylic acids is 2. The average Bonchev–Trinajstić information content (AvgIpc) is 2.81. The van der Waals surface area contributed by atoms with Gasteiger partial charge in [-0.1, -0.05) is 12.1 Å². The summed E-state index contributed by atoms with van der Waals surface area (Å²) in [6, 6.07) is 8.45. The van der Waals surface area contributed by atoms with Gasteiger partial charge in [-0.25, -0.2) is 4.98 Å². The lowest BCUT2D eigenvalue weighted by atomic mass is 9.89. The number of likely N-dealkylation sites (tertiary alicyclic amines) is 1. The highest BCUT2D eigenvalue weighted by Crippen LogP contribution is 2.30. The van der Waals surface area contributed by atoms with Crippen molar-refractivity contribution >= 4 is 11.8 Å². The summed E-state index contributed by atoms with van der Waals surface area (Å²) < 4.78 is 44.4. The van der Waals surface area contributed by atoms with Crippen LogP contribution in [0.1, 0.15) is 47.2 Å². The minimum atomic E-state index is -4.53. The minimum absolute atomic E-state index is 0.00121. The standard InChI is InChI=1S/C25H29F3N4O3/c1-16-5-10-23(29-12-16)35-21-8-6-20(7-9-21)32-14-19(15-32)31-22(33)13-30-24(34)17-3-2-4-18(11-17)25(26,27)28/h2-5,10-12,19-21H,6-9,13-15H2,1H3,(H,30,34)(H,31,33)/t20-,21+. The fourth-order valence-corrected chi connectivity index (χ4v) is 4.50. The fraction of sp³-hybridized carbons (Fsp3) is 0.480. The Hall–Kier alpha value is -3.14. The van der Waals surface area contributed by atoms with Crippen LogP contribution in [0, 0.1) is 6.92 Å². The topological polar surface area (TPSA) is 83.6 Å². The Labute approximate surface area is 202 Å². The molecule has 1 saturated heterocycles. The van der Waals surface area contributed by atoms with Gasteiger partial charge in [0.25, 0.3) is 5.91 Å². The lowest BCUT2D eigenvalue weighted by molar-refractivity contribution is -0.137. The van der Waals surface area contributed by atoms with E-state index in [1.165, 1.54) is 12.1 Å². The number of rotatable bonds is 7. The highest BCUT2D eigenvalue weighted by atomic mass is 19.4. The van der Waals surface area contributed by atoms with Gasteiger partial charge in [0.2, 0.25) is 11.8 Å². The molecule has 35 heavy (non-hydrogen) atoms. The number of benzene rings is 1. The summed E-state index contributed by atoms with van der Waals surface area (Å²) in [5.74, 6) is -0.426. The third-order valence-corrected chi connectivity index (χ3v) is 6.47. The second-order valence-electron chi connectivity index (χ2n) is 9.20. The van der Waals surface area contributed by atoms with Crippen molar-refractivity contribution in [3.63, 3.8) is 0 Å². The average molecular weight is 491 g/mol. The Kier molecular flexibility index (Phi) is 7.59. The van der Waals surface area contributed by atoms with Crippen molar-refractivity contribution in [1.29, 1.82) is 0 Å². The first-order valence-corrected chi connectivity index (χ1v) is 11.8. The number of nitrogens with one attached hydrogen (secondary N) is 2. The predicted molar refractivity (Wildman–Crippen MR) is 123 cm³/mol. The number of hydrogen-bond acceptors (Lipinski definition) is 5. The van der Waals surface area contributed by atoms with Gasteiger partial charge in [-0.05, 0) is 56.4 Å². The molecule has 1 aliphatic carbocycles. The van der Waals surface area contributed by atoms with E-state index in [1.54, 1.807) is 6.20 Å². The Bertz CT molecular complexity index is 1030. The van der Waals surface area contributed by atoms with E-state index in [0.717, 1.165) is 56.5 Å². The summed E-state index contributed by atoms with van der Waals surface area (Å²) in [5.41, 5.74) is 0.0512. The molecular formula is C25H29F3N4O3. The van der Waals surface area contributed by atoms with Gasteiger partial charge < -0.3 is 15.4 Å². The molecular weight excluding hydrogens is 461 g/mol. The van der Waals surface area contributed by atoms with Gasteiger partial charge in [0.15, 0.2) is 0 Å². The number of ether oxygens (including phenoxy) is 1. The number of carbonyl (C=O) groups is 2. The molecule has 2 fully saturated rings. The van der Waals surface area contributed by atoms with Crippen molar-refractivity contribution in [3.05, 3.63) is 59.3 Å². The molecule has 2 aromatic rings. The Balaban J connectivity index is 1.13. The summed E-state index contributed by atoms with van der Waals surface area (Å²) in [5, 5.41) is 5.25. The number of pyridine rings is 1. The molecule has 7 nitrogen and oxygen atoms in total. The molecule has 2 N–H and O–H groups in total. The molecule has 2 amide bonds. The fourth-order valence-electron chi connectivity index (χ4n) is 4.50. The van der Waals surface area contributed by atoms with Gasteiger partial charge in [0.05, 0.1) is 18.2 Å². The van der Waals surface area contributed by atoms with Crippen molar-refractivity contribution < 1.29 is 27.5 Å². The molecule has 0 atom stereocenters. The van der Waals surface area contributed by atoms with Crippen LogP contribution in [0.3, 0.4) is 0 Å². The molecule has 0 spiro atoms. The summed E-state index contributed by atoms with van der Waals surface area (Å²) in [6.07, 6.45) is 1.37. The highest BCUT2D eigenvalue weighted by molar-refractivity contribution is 5.96. The Morgan fingerprint density at radius 2 is 1.86 bits per heavy atom. The zero-order chi connectivity index (χ0) is 25.0. The van der Waals surface area contributed by atoms with E-state index >= 15 is 0 Å². The van der Waals surface area contributed by atoms with Crippen LogP contribution in [0.25, 0.3) is 0 Å². The third kappa shape index (κ3) is 6.72. The van der Waals surface area contributed by atoms with Gasteiger partial charge in [-0.3, -0.25) is 14.5 Å². The van der Waals surface area contributed by atoms with E-state index in [0.29, 0.717) is 11.9 Å². The van der Waals surface area contributed by atoms with Crippen LogP contribution in [-0.4, -0.2) is 59.5 Å². The number of halogens is 3. The van der Waals surface area contributed by atoms with E-state index in [9.17, 15) is 22.8 Å². The molecule has 1 aromatic heterocycles. The molecule has 1 aliphatic heterocycles. The number of hydrogen-bond donors (Lipinski definition) is 2. The number of nitrogens with zero attached hydrogens (tertiary/aromatic N) is 2. The normalized spacial score (nSPS) is 21.1. The van der Waals surface area contributed by atoms with Crippen LogP contribution in [-0.2, 0) is 11.0 Å². The second-order valence-corrected chi connectivity index (χ2v) is 9.20. The van der Waals surface area contributed by atoms with E-state index in [1.807, 2.05) is 19.1 Å². The monoisotopic (exact) mass is 490 g/mol. The SMILES string of the molecule is Cc1ccc(O[C@H]2CC[C@@H](N3CC(NC(=O)CNC(=O)c4cccc(C(F)(F)F)c4)C3)CC2)nc1. The summed E-state index contributed by atoms with van der Waals surface area (Å²) >= 11 is 0. The highest BCUT2D eigenvalue weighted by Gasteiger charge is 2.36. The van der Waals surface area contributed by atoms with E-state index < -0.39 is 17.6 Å². The van der Waals surface area contributed by atoms with Crippen LogP contribution >= 0.6 is 0 Å². The van der Waals surface area contributed by atoms with Gasteiger partial charge in [0, 0.05) is 37.0 Å². The molecule has 1 saturated carbocycles. The summed E-state index contributed by atoms with van der Waals surface area (Å²) in [4.78, 5) is 31.0. The van der Waals surface area contributed by atoms with Crippen LogP contribution in [0.15, 0.2) is 42.6 Å². The molecule has 2 aliphatic rings. The maximum Gasteiger partial charge on any atom is 0.416 e. The van der Waals surface area contributed by atoms with Gasteiger partial charge in [-0.15, -0.1) is 0 Å². The largest absolute Gasteiger partial charge is 0.474 e. The van der Waals surface area contributed by atoms with Crippen molar-refractivity contribution in [2.24, 2.45) is 0 Å². The third-order valence-electron chi connectivity index (χ3n) is 6.47. The summed E-state index contributed by atoms with van der Waals surface area (Å²) in [6.45, 7) is 3.18. The van der Waals surface area contributed by atoms with Crippen LogP contribution < -0.4 is 15.4 Å². The second kappa shape index (κ2) is 10.6. The molecule has 0 unspecified atom stereocenters. The van der Waals surface area contributed by atoms with Crippen LogP contribution in [0.5, 0.6) is 5.88 Å². The number of aryl methyl sites for hydroxylation is 1. The van der Waals surface area contributed by atoms with Crippen molar-refractivity contribution in [3.8, 4) is 5.88 Å². The van der Waals surface area contributed by atoms with E-state index in [-0.39, 0.29) is 30.2 Å². The molecule has 2 heterocycles. The Morgan fingerprint density at radius 1 is 1.11 bits per heavy atom. The maximum atomic E-state index is 12.8. The first kappa shape index (κ1) is 25.0.